The average molecular weight is 303 g/mol. The summed E-state index contributed by atoms with van der Waals surface area (Å²) in [5, 5.41) is 13.5. The highest BCUT2D eigenvalue weighted by Gasteiger charge is 2.15. The van der Waals surface area contributed by atoms with Crippen molar-refractivity contribution in [1.29, 1.82) is 5.26 Å². The summed E-state index contributed by atoms with van der Waals surface area (Å²) in [6.45, 7) is 1.31. The zero-order valence-electron chi connectivity index (χ0n) is 10.1. The molecule has 0 fully saturated rings. The van der Waals surface area contributed by atoms with Crippen LogP contribution in [-0.4, -0.2) is 29.1 Å². The Morgan fingerprint density at radius 1 is 1.32 bits per heavy atom. The first kappa shape index (κ1) is 15.6. The molecule has 0 radical (unpaired) electrons. The summed E-state index contributed by atoms with van der Waals surface area (Å²) < 4.78 is 47.2. The molecule has 7 nitrogen and oxygen atoms in total. The van der Waals surface area contributed by atoms with E-state index < -0.39 is 25.8 Å². The van der Waals surface area contributed by atoms with E-state index in [1.807, 2.05) is 6.07 Å². The summed E-state index contributed by atoms with van der Waals surface area (Å²) in [5.41, 5.74) is 0.903. The van der Waals surface area contributed by atoms with Crippen molar-refractivity contribution in [2.24, 2.45) is 5.14 Å². The van der Waals surface area contributed by atoms with Crippen molar-refractivity contribution >= 4 is 20.0 Å². The van der Waals surface area contributed by atoms with Gasteiger partial charge in [0.15, 0.2) is 0 Å². The van der Waals surface area contributed by atoms with Crippen LogP contribution < -0.4 is 9.86 Å². The van der Waals surface area contributed by atoms with Crippen molar-refractivity contribution in [3.05, 3.63) is 29.3 Å². The highest BCUT2D eigenvalue weighted by Crippen LogP contribution is 2.14. The van der Waals surface area contributed by atoms with E-state index >= 15 is 0 Å². The Kier molecular flexibility index (Phi) is 4.65. The third-order valence-corrected chi connectivity index (χ3v) is 4.54. The molecule has 104 valence electrons. The van der Waals surface area contributed by atoms with Gasteiger partial charge in [-0.25, -0.2) is 26.7 Å². The molecule has 19 heavy (non-hydrogen) atoms. The number of nitriles is 1. The van der Waals surface area contributed by atoms with Crippen LogP contribution in [0.4, 0.5) is 0 Å². The minimum Gasteiger partial charge on any atom is -0.229 e. The zero-order valence-corrected chi connectivity index (χ0v) is 11.8. The number of nitrogens with zero attached hydrogens (tertiary/aromatic N) is 1. The first-order valence-corrected chi connectivity index (χ1v) is 8.36. The molecule has 1 aromatic carbocycles. The number of aryl methyl sites for hydroxylation is 1. The normalized spacial score (nSPS) is 12.1. The number of sulfonamides is 2. The molecule has 0 spiro atoms. The van der Waals surface area contributed by atoms with Crippen LogP contribution >= 0.6 is 0 Å². The molecule has 0 aromatic heterocycles. The second kappa shape index (κ2) is 5.66. The summed E-state index contributed by atoms with van der Waals surface area (Å²) in [5.74, 6) is -0.485. The minimum atomic E-state index is -3.81. The van der Waals surface area contributed by atoms with Crippen LogP contribution in [0.1, 0.15) is 11.1 Å². The Hall–Kier alpha value is -1.47. The topological polar surface area (TPSA) is 130 Å². The minimum absolute atomic E-state index is 0.0292. The van der Waals surface area contributed by atoms with Crippen molar-refractivity contribution in [3.8, 4) is 6.07 Å². The Balaban J connectivity index is 2.90. The summed E-state index contributed by atoms with van der Waals surface area (Å²) in [7, 11) is -7.53. The van der Waals surface area contributed by atoms with Gasteiger partial charge in [0.1, 0.15) is 0 Å². The fourth-order valence-electron chi connectivity index (χ4n) is 1.33. The lowest BCUT2D eigenvalue weighted by atomic mass is 10.1. The van der Waals surface area contributed by atoms with E-state index in [1.165, 1.54) is 18.2 Å². The molecule has 9 heteroatoms. The summed E-state index contributed by atoms with van der Waals surface area (Å²) in [6.07, 6.45) is 0. The molecule has 3 N–H and O–H groups in total. The fourth-order valence-corrected chi connectivity index (χ4v) is 2.96. The maximum absolute atomic E-state index is 11.8. The van der Waals surface area contributed by atoms with Gasteiger partial charge in [0.05, 0.1) is 22.3 Å². The van der Waals surface area contributed by atoms with Crippen LogP contribution in [0.2, 0.25) is 0 Å². The molecule has 0 amide bonds. The van der Waals surface area contributed by atoms with Gasteiger partial charge in [-0.2, -0.15) is 5.26 Å². The molecular weight excluding hydrogens is 290 g/mol. The van der Waals surface area contributed by atoms with Crippen molar-refractivity contribution in [2.45, 2.75) is 11.8 Å². The maximum atomic E-state index is 11.8. The van der Waals surface area contributed by atoms with Gasteiger partial charge in [0.2, 0.25) is 20.0 Å². The smallest absolute Gasteiger partial charge is 0.229 e. The standard InChI is InChI=1S/C10H13N3O4S2/c1-8-6-10(3-2-9(8)7-11)19(16,17)13-4-5-18(12,14)15/h2-3,6,13H,4-5H2,1H3,(H2,12,14,15). The van der Waals surface area contributed by atoms with Gasteiger partial charge in [-0.1, -0.05) is 0 Å². The first-order valence-electron chi connectivity index (χ1n) is 5.16. The molecule has 0 heterocycles. The lowest BCUT2D eigenvalue weighted by Crippen LogP contribution is -2.31. The molecule has 0 atom stereocenters. The van der Waals surface area contributed by atoms with Gasteiger partial charge >= 0.3 is 0 Å². The van der Waals surface area contributed by atoms with E-state index in [0.717, 1.165) is 0 Å². The molecule has 1 rings (SSSR count). The third kappa shape index (κ3) is 4.60. The molecule has 0 aliphatic carbocycles. The zero-order chi connectivity index (χ0) is 14.7. The number of rotatable bonds is 5. The molecule has 0 aliphatic rings. The monoisotopic (exact) mass is 303 g/mol. The van der Waals surface area contributed by atoms with Crippen molar-refractivity contribution < 1.29 is 16.8 Å². The lowest BCUT2D eigenvalue weighted by Gasteiger charge is -2.07. The SMILES string of the molecule is Cc1cc(S(=O)(=O)NCCS(N)(=O)=O)ccc1C#N. The van der Waals surface area contributed by atoms with Gasteiger partial charge in [-0.05, 0) is 30.7 Å². The average Bonchev–Trinajstić information content (AvgIpc) is 2.26. The molecule has 0 unspecified atom stereocenters. The van der Waals surface area contributed by atoms with Crippen LogP contribution in [0.15, 0.2) is 23.1 Å². The van der Waals surface area contributed by atoms with E-state index in [1.54, 1.807) is 6.92 Å². The Morgan fingerprint density at radius 3 is 2.42 bits per heavy atom. The molecule has 0 saturated heterocycles. The predicted octanol–water partition coefficient (Wildman–Crippen LogP) is -0.566. The van der Waals surface area contributed by atoms with Gasteiger partial charge in [0, 0.05) is 6.54 Å². The largest absolute Gasteiger partial charge is 0.240 e. The van der Waals surface area contributed by atoms with Crippen molar-refractivity contribution in [3.63, 3.8) is 0 Å². The fraction of sp³-hybridized carbons (Fsp3) is 0.300. The Labute approximate surface area is 112 Å². The van der Waals surface area contributed by atoms with Gasteiger partial charge in [-0.15, -0.1) is 0 Å². The number of primary sulfonamides is 1. The second-order valence-electron chi connectivity index (χ2n) is 3.85. The van der Waals surface area contributed by atoms with Gasteiger partial charge < -0.3 is 0 Å². The number of nitrogens with two attached hydrogens (primary N) is 1. The van der Waals surface area contributed by atoms with Crippen LogP contribution in [0.3, 0.4) is 0 Å². The number of benzene rings is 1. The molecule has 0 aliphatic heterocycles. The van der Waals surface area contributed by atoms with E-state index in [0.29, 0.717) is 11.1 Å². The molecule has 0 saturated carbocycles. The quantitative estimate of drug-likeness (QED) is 0.752. The first-order chi connectivity index (χ1) is 8.65. The number of nitrogens with one attached hydrogen (secondary N) is 1. The van der Waals surface area contributed by atoms with Crippen LogP contribution in [0.5, 0.6) is 0 Å². The summed E-state index contributed by atoms with van der Waals surface area (Å²) >= 11 is 0. The van der Waals surface area contributed by atoms with Crippen LogP contribution in [0.25, 0.3) is 0 Å². The predicted molar refractivity (Wildman–Crippen MR) is 69.1 cm³/mol. The van der Waals surface area contributed by atoms with Crippen molar-refractivity contribution in [1.82, 2.24) is 4.72 Å². The summed E-state index contributed by atoms with van der Waals surface area (Å²) in [6, 6.07) is 5.95. The number of hydrogen-bond acceptors (Lipinski definition) is 5. The maximum Gasteiger partial charge on any atom is 0.240 e. The van der Waals surface area contributed by atoms with Crippen LogP contribution in [0, 0.1) is 18.3 Å². The third-order valence-electron chi connectivity index (χ3n) is 2.31. The van der Waals surface area contributed by atoms with Gasteiger partial charge in [-0.3, -0.25) is 0 Å². The van der Waals surface area contributed by atoms with E-state index in [2.05, 4.69) is 4.72 Å². The molecule has 1 aromatic rings. The lowest BCUT2D eigenvalue weighted by molar-refractivity contribution is 0.581. The van der Waals surface area contributed by atoms with E-state index in [-0.39, 0.29) is 11.4 Å². The number of hydrogen-bond donors (Lipinski definition) is 2. The van der Waals surface area contributed by atoms with Crippen molar-refractivity contribution in [2.75, 3.05) is 12.3 Å². The molecule has 0 bridgehead atoms. The van der Waals surface area contributed by atoms with Crippen LogP contribution in [-0.2, 0) is 20.0 Å². The highest BCUT2D eigenvalue weighted by atomic mass is 32.2. The second-order valence-corrected chi connectivity index (χ2v) is 7.35. The highest BCUT2D eigenvalue weighted by molar-refractivity contribution is 7.90. The van der Waals surface area contributed by atoms with E-state index in [9.17, 15) is 16.8 Å². The molecular formula is C10H13N3O4S2. The Morgan fingerprint density at radius 2 is 1.95 bits per heavy atom. The summed E-state index contributed by atoms with van der Waals surface area (Å²) in [4.78, 5) is -0.0292. The van der Waals surface area contributed by atoms with E-state index in [4.69, 9.17) is 10.4 Å². The van der Waals surface area contributed by atoms with Gasteiger partial charge in [0.25, 0.3) is 0 Å². The Bertz CT molecular complexity index is 718.